The van der Waals surface area contributed by atoms with E-state index in [1.54, 1.807) is 38.1 Å². The number of ether oxygens (including phenoxy) is 2. The molecule has 0 spiro atoms. The molecule has 0 aromatic heterocycles. The third-order valence-electron chi connectivity index (χ3n) is 2.57. The third-order valence-corrected chi connectivity index (χ3v) is 2.57. The number of esters is 2. The number of aliphatic hydroxyl groups is 1. The highest BCUT2D eigenvalue weighted by molar-refractivity contribution is 6.17. The number of hydrogen-bond acceptors (Lipinski definition) is 5. The molecule has 0 heterocycles. The molecular weight excluding hydrogens is 284 g/mol. The van der Waals surface area contributed by atoms with Crippen molar-refractivity contribution in [2.24, 2.45) is 0 Å². The topological polar surface area (TPSA) is 72.8 Å². The fourth-order valence-electron chi connectivity index (χ4n) is 1.53. The lowest BCUT2D eigenvalue weighted by atomic mass is 10.0. The van der Waals surface area contributed by atoms with E-state index in [9.17, 15) is 14.7 Å². The first-order valence-corrected chi connectivity index (χ1v) is 6.51. The molecule has 1 aromatic rings. The molecule has 22 heavy (non-hydrogen) atoms. The van der Waals surface area contributed by atoms with Gasteiger partial charge in [-0.2, -0.15) is 0 Å². The van der Waals surface area contributed by atoms with E-state index in [4.69, 9.17) is 0 Å². The molecule has 1 aromatic carbocycles. The highest BCUT2D eigenvalue weighted by Crippen LogP contribution is 2.14. The van der Waals surface area contributed by atoms with Gasteiger partial charge in [0.05, 0.1) is 14.2 Å². The summed E-state index contributed by atoms with van der Waals surface area (Å²) < 4.78 is 9.16. The fraction of sp³-hybridized carbons (Fsp3) is 0.294. The summed E-state index contributed by atoms with van der Waals surface area (Å²) in [5, 5.41) is 9.67. The first-order chi connectivity index (χ1) is 10.3. The Kier molecular flexibility index (Phi) is 5.90. The van der Waals surface area contributed by atoms with Gasteiger partial charge in [0.15, 0.2) is 0 Å². The Labute approximate surface area is 129 Å². The van der Waals surface area contributed by atoms with Crippen LogP contribution < -0.4 is 0 Å². The van der Waals surface area contributed by atoms with Gasteiger partial charge in [-0.15, -0.1) is 0 Å². The van der Waals surface area contributed by atoms with Crippen molar-refractivity contribution in [3.63, 3.8) is 0 Å². The van der Waals surface area contributed by atoms with Crippen LogP contribution in [0.4, 0.5) is 0 Å². The molecule has 0 aliphatic heterocycles. The SMILES string of the molecule is COC(=O)C(=Cc1ccccc1C#CC(C)(C)O)C(=O)OC. The smallest absolute Gasteiger partial charge is 0.345 e. The van der Waals surface area contributed by atoms with Crippen molar-refractivity contribution < 1.29 is 24.2 Å². The van der Waals surface area contributed by atoms with Gasteiger partial charge in [-0.05, 0) is 31.6 Å². The van der Waals surface area contributed by atoms with Crippen LogP contribution in [0, 0.1) is 11.8 Å². The molecule has 0 saturated heterocycles. The van der Waals surface area contributed by atoms with Crippen molar-refractivity contribution in [3.05, 3.63) is 41.0 Å². The minimum atomic E-state index is -1.15. The second-order valence-electron chi connectivity index (χ2n) is 4.94. The van der Waals surface area contributed by atoms with E-state index < -0.39 is 17.5 Å². The van der Waals surface area contributed by atoms with Gasteiger partial charge in [0.1, 0.15) is 11.2 Å². The molecule has 1 rings (SSSR count). The summed E-state index contributed by atoms with van der Waals surface area (Å²) in [6, 6.07) is 6.92. The quantitative estimate of drug-likeness (QED) is 0.301. The van der Waals surface area contributed by atoms with Crippen molar-refractivity contribution in [1.82, 2.24) is 0 Å². The van der Waals surface area contributed by atoms with E-state index >= 15 is 0 Å². The Bertz CT molecular complexity index is 636. The molecule has 116 valence electrons. The molecule has 5 nitrogen and oxygen atoms in total. The van der Waals surface area contributed by atoms with Crippen molar-refractivity contribution >= 4 is 18.0 Å². The molecule has 5 heteroatoms. The Morgan fingerprint density at radius 2 is 1.68 bits per heavy atom. The van der Waals surface area contributed by atoms with Crippen LogP contribution in [0.25, 0.3) is 6.08 Å². The Morgan fingerprint density at radius 1 is 1.14 bits per heavy atom. The maximum Gasteiger partial charge on any atom is 0.345 e. The summed E-state index contributed by atoms with van der Waals surface area (Å²) in [5.41, 5.74) is -0.271. The molecule has 0 bridgehead atoms. The van der Waals surface area contributed by atoms with Crippen LogP contribution >= 0.6 is 0 Å². The minimum absolute atomic E-state index is 0.234. The van der Waals surface area contributed by atoms with E-state index in [1.165, 1.54) is 20.3 Å². The van der Waals surface area contributed by atoms with Crippen LogP contribution in [0.15, 0.2) is 29.8 Å². The maximum absolute atomic E-state index is 11.7. The van der Waals surface area contributed by atoms with E-state index in [-0.39, 0.29) is 5.57 Å². The van der Waals surface area contributed by atoms with Gasteiger partial charge < -0.3 is 14.6 Å². The summed E-state index contributed by atoms with van der Waals surface area (Å²) in [5.74, 6) is 3.92. The monoisotopic (exact) mass is 302 g/mol. The third kappa shape index (κ3) is 5.08. The molecular formula is C17H18O5. The van der Waals surface area contributed by atoms with Gasteiger partial charge in [-0.1, -0.05) is 30.0 Å². The van der Waals surface area contributed by atoms with E-state index in [0.29, 0.717) is 11.1 Å². The van der Waals surface area contributed by atoms with Gasteiger partial charge in [-0.3, -0.25) is 0 Å². The number of hydrogen-bond donors (Lipinski definition) is 1. The van der Waals surface area contributed by atoms with Crippen LogP contribution in [0.3, 0.4) is 0 Å². The molecule has 0 fully saturated rings. The van der Waals surface area contributed by atoms with Crippen molar-refractivity contribution in [3.8, 4) is 11.8 Å². The second kappa shape index (κ2) is 7.43. The van der Waals surface area contributed by atoms with Crippen molar-refractivity contribution in [2.45, 2.75) is 19.4 Å². The van der Waals surface area contributed by atoms with Crippen molar-refractivity contribution in [2.75, 3.05) is 14.2 Å². The largest absolute Gasteiger partial charge is 0.465 e. The molecule has 0 unspecified atom stereocenters. The average molecular weight is 302 g/mol. The highest BCUT2D eigenvalue weighted by atomic mass is 16.5. The van der Waals surface area contributed by atoms with Gasteiger partial charge in [-0.25, -0.2) is 9.59 Å². The fourth-order valence-corrected chi connectivity index (χ4v) is 1.53. The molecule has 0 radical (unpaired) electrons. The van der Waals surface area contributed by atoms with E-state index in [0.717, 1.165) is 0 Å². The average Bonchev–Trinajstić information content (AvgIpc) is 2.49. The van der Waals surface area contributed by atoms with Gasteiger partial charge in [0.25, 0.3) is 0 Å². The first-order valence-electron chi connectivity index (χ1n) is 6.51. The van der Waals surface area contributed by atoms with Gasteiger partial charge in [0, 0.05) is 5.56 Å². The Morgan fingerprint density at radius 3 is 2.18 bits per heavy atom. The van der Waals surface area contributed by atoms with Crippen LogP contribution in [0.5, 0.6) is 0 Å². The molecule has 1 N–H and O–H groups in total. The number of benzene rings is 1. The van der Waals surface area contributed by atoms with E-state index in [1.807, 2.05) is 0 Å². The maximum atomic E-state index is 11.7. The molecule has 0 saturated carbocycles. The predicted octanol–water partition coefficient (Wildman–Crippen LogP) is 1.54. The number of carbonyl (C=O) groups is 2. The number of carbonyl (C=O) groups excluding carboxylic acids is 2. The normalized spacial score (nSPS) is 10.0. The number of rotatable bonds is 3. The van der Waals surface area contributed by atoms with Crippen LogP contribution in [-0.4, -0.2) is 36.9 Å². The summed E-state index contributed by atoms with van der Waals surface area (Å²) in [7, 11) is 2.36. The lowest BCUT2D eigenvalue weighted by Crippen LogP contribution is -2.16. The molecule has 0 aliphatic rings. The van der Waals surface area contributed by atoms with Crippen LogP contribution in [0.1, 0.15) is 25.0 Å². The molecule has 0 amide bonds. The van der Waals surface area contributed by atoms with Gasteiger partial charge >= 0.3 is 11.9 Å². The summed E-state index contributed by atoms with van der Waals surface area (Å²) in [6.07, 6.45) is 1.35. The predicted molar refractivity (Wildman–Crippen MR) is 81.6 cm³/mol. The lowest BCUT2D eigenvalue weighted by Gasteiger charge is -2.07. The second-order valence-corrected chi connectivity index (χ2v) is 4.94. The molecule has 0 atom stereocenters. The zero-order chi connectivity index (χ0) is 16.8. The Hall–Kier alpha value is -2.58. The highest BCUT2D eigenvalue weighted by Gasteiger charge is 2.20. The van der Waals surface area contributed by atoms with Crippen LogP contribution in [0.2, 0.25) is 0 Å². The summed E-state index contributed by atoms with van der Waals surface area (Å²) in [4.78, 5) is 23.4. The zero-order valence-corrected chi connectivity index (χ0v) is 13.0. The minimum Gasteiger partial charge on any atom is -0.465 e. The summed E-state index contributed by atoms with van der Waals surface area (Å²) >= 11 is 0. The summed E-state index contributed by atoms with van der Waals surface area (Å²) in [6.45, 7) is 3.12. The lowest BCUT2D eigenvalue weighted by molar-refractivity contribution is -0.143. The number of methoxy groups -OCH3 is 2. The molecule has 0 aliphatic carbocycles. The van der Waals surface area contributed by atoms with Gasteiger partial charge in [0.2, 0.25) is 0 Å². The van der Waals surface area contributed by atoms with Crippen LogP contribution in [-0.2, 0) is 19.1 Å². The van der Waals surface area contributed by atoms with Crippen molar-refractivity contribution in [1.29, 1.82) is 0 Å². The first kappa shape index (κ1) is 17.5. The Balaban J connectivity index is 3.35. The zero-order valence-electron chi connectivity index (χ0n) is 13.0. The standard InChI is InChI=1S/C17H18O5/c1-17(2,20)10-9-12-7-5-6-8-13(12)11-14(15(18)21-3)16(19)22-4/h5-8,11,20H,1-4H3. The van der Waals surface area contributed by atoms with E-state index in [2.05, 4.69) is 21.3 Å².